The highest BCUT2D eigenvalue weighted by Gasteiger charge is 2.17. The van der Waals surface area contributed by atoms with Crippen LogP contribution >= 0.6 is 11.6 Å². The molecule has 0 aliphatic heterocycles. The summed E-state index contributed by atoms with van der Waals surface area (Å²) in [5, 5.41) is 8.73. The zero-order valence-electron chi connectivity index (χ0n) is 13.3. The lowest BCUT2D eigenvalue weighted by molar-refractivity contribution is 0.528. The Morgan fingerprint density at radius 3 is 2.38 bits per heavy atom. The normalized spacial score (nSPS) is 12.6. The number of benzene rings is 1. The van der Waals surface area contributed by atoms with Gasteiger partial charge in [-0.15, -0.1) is 0 Å². The molecule has 0 saturated carbocycles. The Morgan fingerprint density at radius 1 is 1.24 bits per heavy atom. The molecule has 1 aromatic heterocycles. The summed E-state index contributed by atoms with van der Waals surface area (Å²) in [5.74, 6) is 0. The molecule has 0 aliphatic carbocycles. The van der Waals surface area contributed by atoms with Crippen molar-refractivity contribution in [3.8, 4) is 0 Å². The average Bonchev–Trinajstić information content (AvgIpc) is 2.73. The maximum absolute atomic E-state index is 6.38. The second-order valence-corrected chi connectivity index (χ2v) is 5.76. The van der Waals surface area contributed by atoms with Crippen molar-refractivity contribution in [3.63, 3.8) is 0 Å². The molecule has 1 N–H and O–H groups in total. The van der Waals surface area contributed by atoms with Gasteiger partial charge in [-0.3, -0.25) is 4.68 Å². The summed E-state index contributed by atoms with van der Waals surface area (Å²) in [6, 6.07) is 9.09. The predicted molar refractivity (Wildman–Crippen MR) is 88.9 cm³/mol. The molecule has 0 amide bonds. The van der Waals surface area contributed by atoms with Crippen molar-refractivity contribution in [2.75, 3.05) is 6.54 Å². The Bertz CT molecular complexity index is 587. The Morgan fingerprint density at radius 2 is 1.90 bits per heavy atom. The summed E-state index contributed by atoms with van der Waals surface area (Å²) in [5.41, 5.74) is 4.64. The molecule has 1 unspecified atom stereocenters. The molecule has 1 atom stereocenters. The van der Waals surface area contributed by atoms with Crippen LogP contribution in [0.15, 0.2) is 24.3 Å². The third-order valence-corrected chi connectivity index (χ3v) is 4.39. The van der Waals surface area contributed by atoms with Gasteiger partial charge in [0.25, 0.3) is 0 Å². The number of hydrogen-bond acceptors (Lipinski definition) is 2. The molecular formula is C17H24ClN3. The fourth-order valence-electron chi connectivity index (χ4n) is 2.64. The van der Waals surface area contributed by atoms with Gasteiger partial charge in [0.05, 0.1) is 16.4 Å². The largest absolute Gasteiger partial charge is 0.310 e. The molecule has 4 heteroatoms. The minimum Gasteiger partial charge on any atom is -0.310 e. The lowest BCUT2D eigenvalue weighted by Crippen LogP contribution is -2.24. The monoisotopic (exact) mass is 305 g/mol. The number of halogens is 1. The molecule has 3 nitrogen and oxygen atoms in total. The number of hydrogen-bond donors (Lipinski definition) is 1. The second-order valence-electron chi connectivity index (χ2n) is 5.38. The molecule has 0 radical (unpaired) electrons. The molecule has 0 fully saturated rings. The number of nitrogens with one attached hydrogen (secondary N) is 1. The zero-order valence-corrected chi connectivity index (χ0v) is 14.0. The molecule has 21 heavy (non-hydrogen) atoms. The number of likely N-dealkylation sites (N-methyl/N-ethyl adjacent to an activating group) is 1. The van der Waals surface area contributed by atoms with Crippen LogP contribution in [0.2, 0.25) is 5.02 Å². The molecular weight excluding hydrogens is 282 g/mol. The highest BCUT2D eigenvalue weighted by atomic mass is 35.5. The van der Waals surface area contributed by atoms with E-state index in [0.29, 0.717) is 0 Å². The molecule has 0 bridgehead atoms. The molecule has 0 saturated heterocycles. The van der Waals surface area contributed by atoms with Crippen LogP contribution in [-0.2, 0) is 19.9 Å². The fourth-order valence-corrected chi connectivity index (χ4v) is 2.87. The van der Waals surface area contributed by atoms with Crippen molar-refractivity contribution in [3.05, 3.63) is 51.8 Å². The summed E-state index contributed by atoms with van der Waals surface area (Å²) >= 11 is 6.38. The van der Waals surface area contributed by atoms with Gasteiger partial charge in [-0.05, 0) is 31.0 Å². The van der Waals surface area contributed by atoms with Crippen LogP contribution in [0.3, 0.4) is 0 Å². The molecule has 1 heterocycles. The van der Waals surface area contributed by atoms with Gasteiger partial charge in [0.15, 0.2) is 0 Å². The van der Waals surface area contributed by atoms with Gasteiger partial charge in [-0.1, -0.05) is 49.7 Å². The van der Waals surface area contributed by atoms with Crippen molar-refractivity contribution in [2.24, 2.45) is 7.05 Å². The van der Waals surface area contributed by atoms with Crippen molar-refractivity contribution in [1.29, 1.82) is 0 Å². The number of rotatable bonds is 6. The average molecular weight is 306 g/mol. The van der Waals surface area contributed by atoms with Crippen molar-refractivity contribution in [1.82, 2.24) is 15.1 Å². The second kappa shape index (κ2) is 7.10. The number of aromatic nitrogens is 2. The van der Waals surface area contributed by atoms with Gasteiger partial charge in [0.2, 0.25) is 0 Å². The molecule has 0 spiro atoms. The first-order valence-corrected chi connectivity index (χ1v) is 7.94. The van der Waals surface area contributed by atoms with Gasteiger partial charge in [-0.2, -0.15) is 5.10 Å². The van der Waals surface area contributed by atoms with Crippen molar-refractivity contribution in [2.45, 2.75) is 39.7 Å². The van der Waals surface area contributed by atoms with Crippen LogP contribution in [0.1, 0.15) is 42.4 Å². The van der Waals surface area contributed by atoms with E-state index >= 15 is 0 Å². The Kier molecular flexibility index (Phi) is 5.43. The highest BCUT2D eigenvalue weighted by Crippen LogP contribution is 2.26. The highest BCUT2D eigenvalue weighted by molar-refractivity contribution is 6.31. The maximum Gasteiger partial charge on any atom is 0.0847 e. The van der Waals surface area contributed by atoms with Crippen LogP contribution < -0.4 is 5.32 Å². The maximum atomic E-state index is 6.38. The van der Waals surface area contributed by atoms with Crippen LogP contribution in [0, 0.1) is 6.92 Å². The smallest absolute Gasteiger partial charge is 0.0847 e. The topological polar surface area (TPSA) is 29.9 Å². The molecule has 114 valence electrons. The van der Waals surface area contributed by atoms with Crippen LogP contribution in [0.25, 0.3) is 0 Å². The summed E-state index contributed by atoms with van der Waals surface area (Å²) in [4.78, 5) is 0. The Hall–Kier alpha value is -1.32. The van der Waals surface area contributed by atoms with E-state index in [1.54, 1.807) is 0 Å². The van der Waals surface area contributed by atoms with Gasteiger partial charge < -0.3 is 5.32 Å². The first kappa shape index (κ1) is 16.1. The molecule has 1 aromatic carbocycles. The molecule has 2 aromatic rings. The van der Waals surface area contributed by atoms with Gasteiger partial charge >= 0.3 is 0 Å². The van der Waals surface area contributed by atoms with Gasteiger partial charge in [0.1, 0.15) is 0 Å². The van der Waals surface area contributed by atoms with Crippen molar-refractivity contribution >= 4 is 11.6 Å². The summed E-state index contributed by atoms with van der Waals surface area (Å²) in [7, 11) is 1.96. The third kappa shape index (κ3) is 3.66. The predicted octanol–water partition coefficient (Wildman–Crippen LogP) is 3.84. The molecule has 0 aliphatic rings. The molecule has 2 rings (SSSR count). The van der Waals surface area contributed by atoms with Gasteiger partial charge in [-0.25, -0.2) is 0 Å². The number of aryl methyl sites for hydroxylation is 3. The van der Waals surface area contributed by atoms with E-state index in [0.717, 1.165) is 35.8 Å². The van der Waals surface area contributed by atoms with E-state index in [9.17, 15) is 0 Å². The van der Waals surface area contributed by atoms with E-state index in [1.807, 2.05) is 18.7 Å². The third-order valence-electron chi connectivity index (χ3n) is 3.90. The summed E-state index contributed by atoms with van der Waals surface area (Å²) in [6.45, 7) is 7.18. The number of nitrogens with zero attached hydrogens (tertiary/aromatic N) is 2. The lowest BCUT2D eigenvalue weighted by Gasteiger charge is -2.19. The first-order chi connectivity index (χ1) is 10.1. The van der Waals surface area contributed by atoms with Crippen LogP contribution in [0.5, 0.6) is 0 Å². The van der Waals surface area contributed by atoms with Crippen LogP contribution in [-0.4, -0.2) is 16.3 Å². The van der Waals surface area contributed by atoms with Crippen molar-refractivity contribution < 1.29 is 0 Å². The van der Waals surface area contributed by atoms with E-state index in [4.69, 9.17) is 11.6 Å². The quantitative estimate of drug-likeness (QED) is 0.879. The summed E-state index contributed by atoms with van der Waals surface area (Å²) < 4.78 is 1.89. The minimum atomic E-state index is 0.258. The van der Waals surface area contributed by atoms with E-state index < -0.39 is 0 Å². The Balaban J connectivity index is 2.25. The Labute approximate surface area is 132 Å². The standard InChI is InChI=1S/C17H24ClN3/c1-5-13-7-9-14(10-8-13)15(19-6-2)11-16-17(18)12(3)20-21(16)4/h7-10,15,19H,5-6,11H2,1-4H3. The SMILES string of the molecule is CCNC(Cc1c(Cl)c(C)nn1C)c1ccc(CC)cc1. The first-order valence-electron chi connectivity index (χ1n) is 7.57. The summed E-state index contributed by atoms with van der Waals surface area (Å²) in [6.07, 6.45) is 1.91. The van der Waals surface area contributed by atoms with E-state index in [2.05, 4.69) is 48.5 Å². The zero-order chi connectivity index (χ0) is 15.4. The van der Waals surface area contributed by atoms with E-state index in [1.165, 1.54) is 11.1 Å². The van der Waals surface area contributed by atoms with Gasteiger partial charge in [0, 0.05) is 19.5 Å². The lowest BCUT2D eigenvalue weighted by atomic mass is 9.99. The fraction of sp³-hybridized carbons (Fsp3) is 0.471. The van der Waals surface area contributed by atoms with Crippen LogP contribution in [0.4, 0.5) is 0 Å². The van der Waals surface area contributed by atoms with E-state index in [-0.39, 0.29) is 6.04 Å². The minimum absolute atomic E-state index is 0.258.